The first kappa shape index (κ1) is 14.5. The molecule has 0 spiro atoms. The Morgan fingerprint density at radius 3 is 2.75 bits per heavy atom. The minimum absolute atomic E-state index is 0.0498. The molecule has 1 aromatic carbocycles. The highest BCUT2D eigenvalue weighted by atomic mass is 16.2. The summed E-state index contributed by atoms with van der Waals surface area (Å²) in [6, 6.07) is 9.29. The van der Waals surface area contributed by atoms with Crippen molar-refractivity contribution >= 4 is 5.91 Å². The molecule has 1 fully saturated rings. The summed E-state index contributed by atoms with van der Waals surface area (Å²) in [6.45, 7) is 4.99. The molecule has 20 heavy (non-hydrogen) atoms. The van der Waals surface area contributed by atoms with Crippen LogP contribution < -0.4 is 10.6 Å². The second kappa shape index (κ2) is 6.53. The number of hydrogen-bond acceptors (Lipinski definition) is 3. The fraction of sp³-hybridized carbons (Fsp3) is 0.500. The largest absolute Gasteiger partial charge is 0.348 e. The van der Waals surface area contributed by atoms with Crippen LogP contribution in [0, 0.1) is 17.2 Å². The molecular formula is C16H21N3O. The van der Waals surface area contributed by atoms with Crippen molar-refractivity contribution in [1.29, 1.82) is 5.26 Å². The van der Waals surface area contributed by atoms with Gasteiger partial charge in [0.25, 0.3) is 0 Å². The second-order valence-electron chi connectivity index (χ2n) is 5.52. The number of amides is 1. The summed E-state index contributed by atoms with van der Waals surface area (Å²) in [4.78, 5) is 12.3. The fourth-order valence-corrected chi connectivity index (χ4v) is 2.63. The molecule has 1 aliphatic rings. The molecule has 4 heteroatoms. The molecule has 2 rings (SSSR count). The Hall–Kier alpha value is -1.86. The molecule has 1 amide bonds. The Balaban J connectivity index is 1.97. The summed E-state index contributed by atoms with van der Waals surface area (Å²) in [6.07, 6.45) is 2.23. The van der Waals surface area contributed by atoms with E-state index in [1.54, 1.807) is 12.1 Å². The normalized spacial score (nSPS) is 23.6. The van der Waals surface area contributed by atoms with E-state index in [1.807, 2.05) is 19.1 Å². The maximum absolute atomic E-state index is 12.3. The number of benzene rings is 1. The third kappa shape index (κ3) is 3.37. The summed E-state index contributed by atoms with van der Waals surface area (Å²) in [5.74, 6) is 0.436. The highest BCUT2D eigenvalue weighted by Gasteiger charge is 2.28. The van der Waals surface area contributed by atoms with Gasteiger partial charge in [-0.1, -0.05) is 19.1 Å². The van der Waals surface area contributed by atoms with Crippen LogP contribution >= 0.6 is 0 Å². The number of nitrogens with zero attached hydrogens (tertiary/aromatic N) is 1. The van der Waals surface area contributed by atoms with E-state index in [4.69, 9.17) is 5.26 Å². The smallest absolute Gasteiger partial charge is 0.237 e. The molecule has 3 unspecified atom stereocenters. The first-order valence-corrected chi connectivity index (χ1v) is 7.15. The van der Waals surface area contributed by atoms with Gasteiger partial charge in [0.15, 0.2) is 0 Å². The van der Waals surface area contributed by atoms with Crippen molar-refractivity contribution in [1.82, 2.24) is 10.6 Å². The summed E-state index contributed by atoms with van der Waals surface area (Å²) < 4.78 is 0. The van der Waals surface area contributed by atoms with E-state index in [2.05, 4.69) is 23.6 Å². The summed E-state index contributed by atoms with van der Waals surface area (Å²) >= 11 is 0. The minimum Gasteiger partial charge on any atom is -0.348 e. The lowest BCUT2D eigenvalue weighted by atomic mass is 9.92. The predicted molar refractivity (Wildman–Crippen MR) is 77.9 cm³/mol. The third-order valence-corrected chi connectivity index (χ3v) is 3.95. The van der Waals surface area contributed by atoms with Gasteiger partial charge in [-0.25, -0.2) is 0 Å². The first-order valence-electron chi connectivity index (χ1n) is 7.15. The van der Waals surface area contributed by atoms with Crippen molar-refractivity contribution in [3.8, 4) is 6.07 Å². The number of carbonyl (C=O) groups is 1. The fourth-order valence-electron chi connectivity index (χ4n) is 2.63. The van der Waals surface area contributed by atoms with E-state index in [9.17, 15) is 4.79 Å². The lowest BCUT2D eigenvalue weighted by Gasteiger charge is -2.30. The van der Waals surface area contributed by atoms with Crippen LogP contribution in [0.3, 0.4) is 0 Å². The van der Waals surface area contributed by atoms with Crippen molar-refractivity contribution in [3.05, 3.63) is 35.4 Å². The minimum atomic E-state index is -0.0930. The van der Waals surface area contributed by atoms with E-state index < -0.39 is 0 Å². The van der Waals surface area contributed by atoms with E-state index >= 15 is 0 Å². The Morgan fingerprint density at radius 2 is 2.15 bits per heavy atom. The number of nitriles is 1. The van der Waals surface area contributed by atoms with Gasteiger partial charge in [0.1, 0.15) is 0 Å². The summed E-state index contributed by atoms with van der Waals surface area (Å²) in [5.41, 5.74) is 1.65. The van der Waals surface area contributed by atoms with Gasteiger partial charge >= 0.3 is 0 Å². The first-order chi connectivity index (χ1) is 9.61. The lowest BCUT2D eigenvalue weighted by Crippen LogP contribution is -2.51. The Labute approximate surface area is 120 Å². The molecule has 0 radical (unpaired) electrons. The molecule has 0 aliphatic carbocycles. The molecule has 3 atom stereocenters. The molecule has 4 nitrogen and oxygen atoms in total. The van der Waals surface area contributed by atoms with Crippen LogP contribution in [0.1, 0.15) is 43.9 Å². The maximum atomic E-state index is 12.3. The van der Waals surface area contributed by atoms with E-state index in [1.165, 1.54) is 0 Å². The number of rotatable bonds is 3. The van der Waals surface area contributed by atoms with Crippen molar-refractivity contribution in [2.75, 3.05) is 6.54 Å². The van der Waals surface area contributed by atoms with Crippen molar-refractivity contribution in [3.63, 3.8) is 0 Å². The van der Waals surface area contributed by atoms with Crippen LogP contribution in [0.2, 0.25) is 0 Å². The highest BCUT2D eigenvalue weighted by Crippen LogP contribution is 2.18. The topological polar surface area (TPSA) is 64.9 Å². The van der Waals surface area contributed by atoms with Gasteiger partial charge in [0.2, 0.25) is 5.91 Å². The molecule has 0 saturated carbocycles. The van der Waals surface area contributed by atoms with E-state index in [-0.39, 0.29) is 18.0 Å². The highest BCUT2D eigenvalue weighted by molar-refractivity contribution is 5.82. The van der Waals surface area contributed by atoms with E-state index in [0.717, 1.165) is 24.9 Å². The predicted octanol–water partition coefficient (Wildman–Crippen LogP) is 2.12. The molecule has 1 aliphatic heterocycles. The maximum Gasteiger partial charge on any atom is 0.237 e. The van der Waals surface area contributed by atoms with Crippen LogP contribution in [0.5, 0.6) is 0 Å². The van der Waals surface area contributed by atoms with Gasteiger partial charge in [-0.3, -0.25) is 4.79 Å². The monoisotopic (exact) mass is 271 g/mol. The average molecular weight is 271 g/mol. The standard InChI is InChI=1S/C16H21N3O/c1-11-4-3-9-18-15(11)16(20)19-12(2)14-7-5-13(10-17)6-8-14/h5-8,11-12,15,18H,3-4,9H2,1-2H3,(H,19,20). The Morgan fingerprint density at radius 1 is 1.45 bits per heavy atom. The Kier molecular flexibility index (Phi) is 4.75. The molecule has 0 bridgehead atoms. The SMILES string of the molecule is CC(NC(=O)C1NCCCC1C)c1ccc(C#N)cc1. The van der Waals surface area contributed by atoms with Gasteiger partial charge in [0.05, 0.1) is 23.7 Å². The second-order valence-corrected chi connectivity index (χ2v) is 5.52. The number of nitrogens with one attached hydrogen (secondary N) is 2. The van der Waals surface area contributed by atoms with Gasteiger partial charge in [-0.05, 0) is 49.9 Å². The van der Waals surface area contributed by atoms with Gasteiger partial charge < -0.3 is 10.6 Å². The third-order valence-electron chi connectivity index (χ3n) is 3.95. The molecule has 2 N–H and O–H groups in total. The number of carbonyl (C=O) groups excluding carboxylic acids is 1. The van der Waals surface area contributed by atoms with Crippen LogP contribution in [0.4, 0.5) is 0 Å². The molecule has 106 valence electrons. The lowest BCUT2D eigenvalue weighted by molar-refractivity contribution is -0.125. The Bertz CT molecular complexity index is 503. The summed E-state index contributed by atoms with van der Waals surface area (Å²) in [7, 11) is 0. The molecule has 1 saturated heterocycles. The van der Waals surface area contributed by atoms with Crippen LogP contribution in [0.25, 0.3) is 0 Å². The zero-order valence-corrected chi connectivity index (χ0v) is 12.0. The van der Waals surface area contributed by atoms with Crippen LogP contribution in [-0.2, 0) is 4.79 Å². The van der Waals surface area contributed by atoms with E-state index in [0.29, 0.717) is 11.5 Å². The van der Waals surface area contributed by atoms with Gasteiger partial charge in [-0.15, -0.1) is 0 Å². The van der Waals surface area contributed by atoms with Crippen LogP contribution in [0.15, 0.2) is 24.3 Å². The zero-order chi connectivity index (χ0) is 14.5. The number of piperidine rings is 1. The summed E-state index contributed by atoms with van der Waals surface area (Å²) in [5, 5.41) is 15.1. The van der Waals surface area contributed by atoms with Crippen molar-refractivity contribution in [2.45, 2.75) is 38.8 Å². The average Bonchev–Trinajstić information content (AvgIpc) is 2.47. The van der Waals surface area contributed by atoms with Gasteiger partial charge in [0, 0.05) is 0 Å². The quantitative estimate of drug-likeness (QED) is 0.885. The molecule has 0 aromatic heterocycles. The number of hydrogen-bond donors (Lipinski definition) is 2. The van der Waals surface area contributed by atoms with Crippen molar-refractivity contribution < 1.29 is 4.79 Å². The zero-order valence-electron chi connectivity index (χ0n) is 12.0. The van der Waals surface area contributed by atoms with Crippen molar-refractivity contribution in [2.24, 2.45) is 5.92 Å². The van der Waals surface area contributed by atoms with Crippen LogP contribution in [-0.4, -0.2) is 18.5 Å². The molecular weight excluding hydrogens is 250 g/mol. The molecule has 1 heterocycles. The molecule has 1 aromatic rings. The van der Waals surface area contributed by atoms with Gasteiger partial charge in [-0.2, -0.15) is 5.26 Å².